The number of benzene rings is 1. The Morgan fingerprint density at radius 1 is 1.39 bits per heavy atom. The van der Waals surface area contributed by atoms with Crippen LogP contribution < -0.4 is 5.32 Å². The van der Waals surface area contributed by atoms with Gasteiger partial charge in [0.2, 0.25) is 0 Å². The number of halogens is 1. The van der Waals surface area contributed by atoms with Crippen molar-refractivity contribution in [3.05, 3.63) is 34.9 Å². The van der Waals surface area contributed by atoms with Crippen molar-refractivity contribution in [2.45, 2.75) is 38.1 Å². The molecule has 1 fully saturated rings. The lowest BCUT2D eigenvalue weighted by atomic mass is 9.75. The van der Waals surface area contributed by atoms with Gasteiger partial charge in [0.15, 0.2) is 0 Å². The molecule has 18 heavy (non-hydrogen) atoms. The average Bonchev–Trinajstić information content (AvgIpc) is 2.29. The molecule has 0 amide bonds. The summed E-state index contributed by atoms with van der Waals surface area (Å²) in [5, 5.41) is 13.3. The smallest absolute Gasteiger partial charge is 0.0440 e. The van der Waals surface area contributed by atoms with Crippen molar-refractivity contribution in [2.75, 3.05) is 13.2 Å². The van der Waals surface area contributed by atoms with Crippen LogP contribution in [0.5, 0.6) is 0 Å². The van der Waals surface area contributed by atoms with Gasteiger partial charge in [0.25, 0.3) is 0 Å². The van der Waals surface area contributed by atoms with Gasteiger partial charge in [-0.15, -0.1) is 0 Å². The molecule has 2 nitrogen and oxygen atoms in total. The fraction of sp³-hybridized carbons (Fsp3) is 0.600. The van der Waals surface area contributed by atoms with Crippen molar-refractivity contribution >= 4 is 11.6 Å². The minimum absolute atomic E-state index is 0.287. The summed E-state index contributed by atoms with van der Waals surface area (Å²) >= 11 is 6.20. The van der Waals surface area contributed by atoms with E-state index in [4.69, 9.17) is 16.7 Å². The van der Waals surface area contributed by atoms with Crippen molar-refractivity contribution in [1.82, 2.24) is 5.32 Å². The Morgan fingerprint density at radius 3 is 2.78 bits per heavy atom. The molecule has 1 aliphatic carbocycles. The van der Waals surface area contributed by atoms with E-state index >= 15 is 0 Å². The highest BCUT2D eigenvalue weighted by Gasteiger charge is 2.31. The maximum atomic E-state index is 8.85. The van der Waals surface area contributed by atoms with Crippen molar-refractivity contribution in [2.24, 2.45) is 5.92 Å². The summed E-state index contributed by atoms with van der Waals surface area (Å²) < 4.78 is 0. The first kappa shape index (κ1) is 13.9. The van der Waals surface area contributed by atoms with Crippen LogP contribution in [-0.4, -0.2) is 24.3 Å². The van der Waals surface area contributed by atoms with Crippen molar-refractivity contribution in [3.63, 3.8) is 0 Å². The van der Waals surface area contributed by atoms with E-state index in [1.165, 1.54) is 18.4 Å². The van der Waals surface area contributed by atoms with E-state index in [0.717, 1.165) is 18.0 Å². The fourth-order valence-electron chi connectivity index (χ4n) is 2.53. The van der Waals surface area contributed by atoms with Gasteiger partial charge < -0.3 is 10.4 Å². The Bertz CT molecular complexity index is 377. The van der Waals surface area contributed by atoms with Gasteiger partial charge in [0.05, 0.1) is 0 Å². The molecule has 0 radical (unpaired) electrons. The van der Waals surface area contributed by atoms with Crippen LogP contribution in [-0.2, 0) is 0 Å². The highest BCUT2D eigenvalue weighted by atomic mass is 35.5. The van der Waals surface area contributed by atoms with Crippen LogP contribution in [0.2, 0.25) is 5.02 Å². The largest absolute Gasteiger partial charge is 0.396 e. The normalized spacial score (nSPS) is 24.6. The molecule has 1 aromatic carbocycles. The van der Waals surface area contributed by atoms with E-state index < -0.39 is 0 Å². The number of hydrogen-bond donors (Lipinski definition) is 2. The van der Waals surface area contributed by atoms with Gasteiger partial charge in [-0.25, -0.2) is 0 Å². The van der Waals surface area contributed by atoms with Crippen molar-refractivity contribution in [3.8, 4) is 0 Å². The molecule has 0 spiro atoms. The van der Waals surface area contributed by atoms with E-state index in [1.54, 1.807) is 0 Å². The van der Waals surface area contributed by atoms with E-state index in [2.05, 4.69) is 24.4 Å². The Labute approximate surface area is 114 Å². The van der Waals surface area contributed by atoms with Crippen LogP contribution in [0, 0.1) is 5.92 Å². The molecule has 0 aromatic heterocycles. The zero-order valence-electron chi connectivity index (χ0n) is 10.9. The van der Waals surface area contributed by atoms with Gasteiger partial charge in [0, 0.05) is 17.7 Å². The molecule has 1 unspecified atom stereocenters. The number of hydrogen-bond acceptors (Lipinski definition) is 2. The lowest BCUT2D eigenvalue weighted by molar-refractivity contribution is 0.240. The Hall–Kier alpha value is -0.570. The SMILES string of the molecule is CC(CCO)CNC1CC(c2ccccc2Cl)C1. The Kier molecular flexibility index (Phi) is 5.04. The van der Waals surface area contributed by atoms with E-state index in [-0.39, 0.29) is 6.61 Å². The van der Waals surface area contributed by atoms with Crippen LogP contribution in [0.25, 0.3) is 0 Å². The molecule has 0 heterocycles. The number of aliphatic hydroxyl groups is 1. The molecule has 100 valence electrons. The molecule has 1 saturated carbocycles. The van der Waals surface area contributed by atoms with Gasteiger partial charge in [-0.3, -0.25) is 0 Å². The molecule has 0 bridgehead atoms. The van der Waals surface area contributed by atoms with Gasteiger partial charge in [-0.1, -0.05) is 36.7 Å². The predicted octanol–water partition coefficient (Wildman–Crippen LogP) is 3.19. The molecule has 1 aliphatic rings. The fourth-order valence-corrected chi connectivity index (χ4v) is 2.82. The molecule has 2 rings (SSSR count). The zero-order chi connectivity index (χ0) is 13.0. The third-order valence-corrected chi connectivity index (χ3v) is 4.20. The van der Waals surface area contributed by atoms with E-state index in [9.17, 15) is 0 Å². The maximum Gasteiger partial charge on any atom is 0.0440 e. The van der Waals surface area contributed by atoms with E-state index in [0.29, 0.717) is 17.9 Å². The van der Waals surface area contributed by atoms with Crippen LogP contribution >= 0.6 is 11.6 Å². The molecule has 0 saturated heterocycles. The quantitative estimate of drug-likeness (QED) is 0.830. The first-order valence-corrected chi connectivity index (χ1v) is 7.17. The minimum Gasteiger partial charge on any atom is -0.396 e. The number of nitrogens with one attached hydrogen (secondary N) is 1. The standard InChI is InChI=1S/C15H22ClNO/c1-11(6-7-18)10-17-13-8-12(9-13)14-4-2-3-5-15(14)16/h2-5,11-13,17-18H,6-10H2,1H3. The molecule has 1 atom stereocenters. The van der Waals surface area contributed by atoms with Crippen molar-refractivity contribution in [1.29, 1.82) is 0 Å². The van der Waals surface area contributed by atoms with Gasteiger partial charge in [0.1, 0.15) is 0 Å². The van der Waals surface area contributed by atoms with Gasteiger partial charge in [-0.05, 0) is 49.3 Å². The Morgan fingerprint density at radius 2 is 2.11 bits per heavy atom. The average molecular weight is 268 g/mol. The molecule has 1 aromatic rings. The van der Waals surface area contributed by atoms with E-state index in [1.807, 2.05) is 12.1 Å². The number of aliphatic hydroxyl groups excluding tert-OH is 1. The van der Waals surface area contributed by atoms with Crippen LogP contribution in [0.3, 0.4) is 0 Å². The summed E-state index contributed by atoms with van der Waals surface area (Å²) in [6.07, 6.45) is 3.23. The first-order valence-electron chi connectivity index (χ1n) is 6.79. The highest BCUT2D eigenvalue weighted by Crippen LogP contribution is 2.39. The third-order valence-electron chi connectivity index (χ3n) is 3.86. The second-order valence-electron chi connectivity index (χ2n) is 5.41. The summed E-state index contributed by atoms with van der Waals surface area (Å²) in [7, 11) is 0. The predicted molar refractivity (Wildman–Crippen MR) is 76.1 cm³/mol. The second-order valence-corrected chi connectivity index (χ2v) is 5.82. The summed E-state index contributed by atoms with van der Waals surface area (Å²) in [4.78, 5) is 0. The number of rotatable bonds is 6. The van der Waals surface area contributed by atoms with Crippen molar-refractivity contribution < 1.29 is 5.11 Å². The summed E-state index contributed by atoms with van der Waals surface area (Å²) in [5.74, 6) is 1.17. The van der Waals surface area contributed by atoms with Crippen LogP contribution in [0.1, 0.15) is 37.7 Å². The molecule has 3 heteroatoms. The zero-order valence-corrected chi connectivity index (χ0v) is 11.7. The molecule has 0 aliphatic heterocycles. The topological polar surface area (TPSA) is 32.3 Å². The third kappa shape index (κ3) is 3.47. The summed E-state index contributed by atoms with van der Waals surface area (Å²) in [6.45, 7) is 3.46. The second kappa shape index (κ2) is 6.55. The van der Waals surface area contributed by atoms with Crippen LogP contribution in [0.15, 0.2) is 24.3 Å². The molecule has 2 N–H and O–H groups in total. The Balaban J connectivity index is 1.73. The summed E-state index contributed by atoms with van der Waals surface area (Å²) in [5.41, 5.74) is 1.29. The monoisotopic (exact) mass is 267 g/mol. The maximum absolute atomic E-state index is 8.85. The highest BCUT2D eigenvalue weighted by molar-refractivity contribution is 6.31. The lowest BCUT2D eigenvalue weighted by Crippen LogP contribution is -2.42. The van der Waals surface area contributed by atoms with Gasteiger partial charge in [-0.2, -0.15) is 0 Å². The summed E-state index contributed by atoms with van der Waals surface area (Å²) in [6, 6.07) is 8.77. The van der Waals surface area contributed by atoms with Crippen LogP contribution in [0.4, 0.5) is 0 Å². The molecular weight excluding hydrogens is 246 g/mol. The minimum atomic E-state index is 0.287. The first-order chi connectivity index (χ1) is 8.70. The lowest BCUT2D eigenvalue weighted by Gasteiger charge is -2.37. The van der Waals surface area contributed by atoms with Gasteiger partial charge >= 0.3 is 0 Å². The molecular formula is C15H22ClNO.